The summed E-state index contributed by atoms with van der Waals surface area (Å²) in [6.45, 7) is 0. The molecule has 3 aromatic carbocycles. The molecule has 4 rings (SSSR count). The zero-order valence-corrected chi connectivity index (χ0v) is 14.6. The first-order valence-electron chi connectivity index (χ1n) is 8.13. The Hall–Kier alpha value is -2.32. The summed E-state index contributed by atoms with van der Waals surface area (Å²) in [4.78, 5) is 7.12. The van der Waals surface area contributed by atoms with Crippen LogP contribution in [-0.2, 0) is 6.42 Å². The molecule has 0 radical (unpaired) electrons. The number of likely N-dealkylation sites (N-methyl/N-ethyl adjacent to an activating group) is 1. The number of benzene rings is 3. The van der Waals surface area contributed by atoms with E-state index >= 15 is 0 Å². The zero-order chi connectivity index (χ0) is 16.7. The highest BCUT2D eigenvalue weighted by atomic mass is 35.5. The van der Waals surface area contributed by atoms with Crippen LogP contribution in [0.1, 0.15) is 22.7 Å². The SMILES string of the molecule is CN(C)C1=NC(c2ccccc2Cl)c2cc3ccccc3cc2C1. The van der Waals surface area contributed by atoms with Gasteiger partial charge in [0.05, 0.1) is 0 Å². The summed E-state index contributed by atoms with van der Waals surface area (Å²) in [6, 6.07) is 21.0. The molecule has 0 spiro atoms. The lowest BCUT2D eigenvalue weighted by molar-refractivity contribution is 0.592. The summed E-state index contributed by atoms with van der Waals surface area (Å²) >= 11 is 6.49. The second-order valence-electron chi connectivity index (χ2n) is 6.44. The summed E-state index contributed by atoms with van der Waals surface area (Å²) in [7, 11) is 4.10. The van der Waals surface area contributed by atoms with E-state index in [0.717, 1.165) is 22.8 Å². The van der Waals surface area contributed by atoms with Crippen LogP contribution in [0.3, 0.4) is 0 Å². The molecule has 24 heavy (non-hydrogen) atoms. The van der Waals surface area contributed by atoms with Gasteiger partial charge in [-0.3, -0.25) is 4.99 Å². The van der Waals surface area contributed by atoms with Crippen LogP contribution in [0.5, 0.6) is 0 Å². The Balaban J connectivity index is 1.95. The van der Waals surface area contributed by atoms with Crippen molar-refractivity contribution in [3.8, 4) is 0 Å². The van der Waals surface area contributed by atoms with Crippen LogP contribution in [-0.4, -0.2) is 24.8 Å². The van der Waals surface area contributed by atoms with E-state index in [9.17, 15) is 0 Å². The maximum absolute atomic E-state index is 6.49. The third kappa shape index (κ3) is 2.57. The number of amidine groups is 1. The number of halogens is 1. The molecule has 0 fully saturated rings. The first-order chi connectivity index (χ1) is 11.6. The monoisotopic (exact) mass is 334 g/mol. The number of nitrogens with zero attached hydrogens (tertiary/aromatic N) is 2. The number of hydrogen-bond donors (Lipinski definition) is 0. The third-order valence-electron chi connectivity index (χ3n) is 4.64. The fourth-order valence-electron chi connectivity index (χ4n) is 3.35. The Morgan fingerprint density at radius 2 is 1.58 bits per heavy atom. The maximum atomic E-state index is 6.49. The standard InChI is InChI=1S/C21H19ClN2/c1-24(2)20-13-16-11-14-7-3-4-8-15(14)12-18(16)21(23-20)17-9-5-6-10-19(17)22/h3-12,21H,13H2,1-2H3. The van der Waals surface area contributed by atoms with Crippen molar-refractivity contribution in [3.63, 3.8) is 0 Å². The van der Waals surface area contributed by atoms with Crippen LogP contribution in [0.15, 0.2) is 65.7 Å². The molecule has 0 aliphatic carbocycles. The van der Waals surface area contributed by atoms with Crippen LogP contribution in [0, 0.1) is 0 Å². The van der Waals surface area contributed by atoms with E-state index in [0.29, 0.717) is 0 Å². The molecule has 0 N–H and O–H groups in total. The second-order valence-corrected chi connectivity index (χ2v) is 6.85. The van der Waals surface area contributed by atoms with Gasteiger partial charge in [0.25, 0.3) is 0 Å². The largest absolute Gasteiger partial charge is 0.366 e. The number of hydrogen-bond acceptors (Lipinski definition) is 2. The minimum atomic E-state index is -0.0514. The quantitative estimate of drug-likeness (QED) is 0.604. The molecule has 3 aromatic rings. The predicted molar refractivity (Wildman–Crippen MR) is 102 cm³/mol. The van der Waals surface area contributed by atoms with Gasteiger partial charge in [-0.25, -0.2) is 0 Å². The first-order valence-corrected chi connectivity index (χ1v) is 8.51. The van der Waals surface area contributed by atoms with Crippen LogP contribution < -0.4 is 0 Å². The van der Waals surface area contributed by atoms with Crippen molar-refractivity contribution in [2.24, 2.45) is 4.99 Å². The predicted octanol–water partition coefficient (Wildman–Crippen LogP) is 5.10. The fourth-order valence-corrected chi connectivity index (χ4v) is 3.59. The van der Waals surface area contributed by atoms with Gasteiger partial charge in [-0.15, -0.1) is 0 Å². The zero-order valence-electron chi connectivity index (χ0n) is 13.8. The molecule has 0 bridgehead atoms. The van der Waals surface area contributed by atoms with E-state index in [1.165, 1.54) is 21.9 Å². The van der Waals surface area contributed by atoms with Crippen molar-refractivity contribution in [3.05, 3.63) is 82.4 Å². The van der Waals surface area contributed by atoms with Crippen molar-refractivity contribution in [2.45, 2.75) is 12.5 Å². The average Bonchev–Trinajstić information content (AvgIpc) is 2.59. The Bertz CT molecular complexity index is 943. The van der Waals surface area contributed by atoms with E-state index in [1.54, 1.807) is 0 Å². The van der Waals surface area contributed by atoms with Crippen molar-refractivity contribution in [1.29, 1.82) is 0 Å². The van der Waals surface area contributed by atoms with E-state index in [2.05, 4.69) is 61.5 Å². The number of fused-ring (bicyclic) bond motifs is 2. The Morgan fingerprint density at radius 3 is 2.29 bits per heavy atom. The molecule has 3 heteroatoms. The van der Waals surface area contributed by atoms with E-state index in [1.807, 2.05) is 18.2 Å². The molecule has 1 heterocycles. The molecule has 1 aliphatic heterocycles. The summed E-state index contributed by atoms with van der Waals surface area (Å²) in [5.41, 5.74) is 3.65. The van der Waals surface area contributed by atoms with Gasteiger partial charge in [-0.1, -0.05) is 60.1 Å². The molecule has 1 atom stereocenters. The Morgan fingerprint density at radius 1 is 0.917 bits per heavy atom. The van der Waals surface area contributed by atoms with Gasteiger partial charge < -0.3 is 4.90 Å². The van der Waals surface area contributed by atoms with Crippen molar-refractivity contribution >= 4 is 28.2 Å². The first kappa shape index (κ1) is 15.2. The molecule has 120 valence electrons. The van der Waals surface area contributed by atoms with Crippen LogP contribution in [0.2, 0.25) is 5.02 Å². The minimum Gasteiger partial charge on any atom is -0.366 e. The van der Waals surface area contributed by atoms with E-state index in [-0.39, 0.29) is 6.04 Å². The minimum absolute atomic E-state index is 0.0514. The van der Waals surface area contributed by atoms with Gasteiger partial charge in [0, 0.05) is 25.5 Å². The third-order valence-corrected chi connectivity index (χ3v) is 4.99. The lowest BCUT2D eigenvalue weighted by atomic mass is 9.88. The number of aliphatic imine (C=N–C) groups is 1. The molecular formula is C21H19ClN2. The van der Waals surface area contributed by atoms with Crippen molar-refractivity contribution in [2.75, 3.05) is 14.1 Å². The maximum Gasteiger partial charge on any atom is 0.104 e. The number of rotatable bonds is 1. The highest BCUT2D eigenvalue weighted by molar-refractivity contribution is 6.31. The van der Waals surface area contributed by atoms with Gasteiger partial charge in [-0.05, 0) is 39.6 Å². The topological polar surface area (TPSA) is 15.6 Å². The summed E-state index contributed by atoms with van der Waals surface area (Å²) in [5.74, 6) is 1.09. The highest BCUT2D eigenvalue weighted by Crippen LogP contribution is 2.38. The smallest absolute Gasteiger partial charge is 0.104 e. The van der Waals surface area contributed by atoms with E-state index in [4.69, 9.17) is 16.6 Å². The molecule has 0 saturated heterocycles. The lowest BCUT2D eigenvalue weighted by Gasteiger charge is -2.28. The molecule has 1 unspecified atom stereocenters. The Labute approximate surface area is 147 Å². The van der Waals surface area contributed by atoms with Gasteiger partial charge in [0.2, 0.25) is 0 Å². The Kier molecular flexibility index (Phi) is 3.78. The lowest BCUT2D eigenvalue weighted by Crippen LogP contribution is -2.28. The molecule has 2 nitrogen and oxygen atoms in total. The second kappa shape index (κ2) is 5.95. The summed E-state index contributed by atoms with van der Waals surface area (Å²) in [5, 5.41) is 3.29. The van der Waals surface area contributed by atoms with Gasteiger partial charge >= 0.3 is 0 Å². The summed E-state index contributed by atoms with van der Waals surface area (Å²) < 4.78 is 0. The van der Waals surface area contributed by atoms with Crippen molar-refractivity contribution < 1.29 is 0 Å². The highest BCUT2D eigenvalue weighted by Gasteiger charge is 2.25. The molecule has 1 aliphatic rings. The normalized spacial score (nSPS) is 16.6. The van der Waals surface area contributed by atoms with Crippen LogP contribution in [0.25, 0.3) is 10.8 Å². The van der Waals surface area contributed by atoms with Crippen LogP contribution in [0.4, 0.5) is 0 Å². The molecule has 0 saturated carbocycles. The summed E-state index contributed by atoms with van der Waals surface area (Å²) in [6.07, 6.45) is 0.855. The molecular weight excluding hydrogens is 316 g/mol. The van der Waals surface area contributed by atoms with Gasteiger partial charge in [-0.2, -0.15) is 0 Å². The van der Waals surface area contributed by atoms with Crippen LogP contribution >= 0.6 is 11.6 Å². The molecule has 0 amide bonds. The fraction of sp³-hybridized carbons (Fsp3) is 0.190. The van der Waals surface area contributed by atoms with E-state index < -0.39 is 0 Å². The van der Waals surface area contributed by atoms with Crippen molar-refractivity contribution in [1.82, 2.24) is 4.90 Å². The van der Waals surface area contributed by atoms with Gasteiger partial charge in [0.15, 0.2) is 0 Å². The molecule has 0 aromatic heterocycles. The van der Waals surface area contributed by atoms with Gasteiger partial charge in [0.1, 0.15) is 11.9 Å². The average molecular weight is 335 g/mol.